The van der Waals surface area contributed by atoms with Crippen molar-refractivity contribution in [3.8, 4) is 5.75 Å². The number of hydrogen-bond acceptors (Lipinski definition) is 4. The summed E-state index contributed by atoms with van der Waals surface area (Å²) in [6, 6.07) is 12.2. The number of anilines is 2. The summed E-state index contributed by atoms with van der Waals surface area (Å²) in [5, 5.41) is 9.17. The Labute approximate surface area is 197 Å². The fraction of sp³-hybridized carbons (Fsp3) is 0.375. The molecule has 0 radical (unpaired) electrons. The Bertz CT molecular complexity index is 1050. The molecule has 4 rings (SSSR count). The number of carbonyl (C=O) groups is 3. The number of rotatable bonds is 5. The molecular weight excluding hydrogens is 444 g/mol. The van der Waals surface area contributed by atoms with Crippen LogP contribution in [0.2, 0.25) is 5.02 Å². The molecule has 2 fully saturated rings. The highest BCUT2D eigenvalue weighted by Crippen LogP contribution is 2.31. The molecule has 2 aromatic rings. The maximum absolute atomic E-state index is 13.4. The molecule has 3 N–H and O–H groups in total. The molecule has 1 heterocycles. The van der Waals surface area contributed by atoms with Crippen molar-refractivity contribution in [1.82, 2.24) is 10.2 Å². The number of carbonyl (C=O) groups excluding carboxylic acids is 3. The number of piperazine rings is 1. The lowest BCUT2D eigenvalue weighted by molar-refractivity contribution is -0.135. The van der Waals surface area contributed by atoms with Gasteiger partial charge in [0.05, 0.1) is 25.3 Å². The zero-order valence-electron chi connectivity index (χ0n) is 18.3. The van der Waals surface area contributed by atoms with E-state index in [1.807, 2.05) is 0 Å². The fourth-order valence-electron chi connectivity index (χ4n) is 4.61. The minimum atomic E-state index is -0.932. The molecule has 4 amide bonds. The number of nitrogens with one attached hydrogen (secondary N) is 3. The van der Waals surface area contributed by atoms with Crippen LogP contribution >= 0.6 is 11.6 Å². The highest BCUT2D eigenvalue weighted by atomic mass is 35.5. The maximum atomic E-state index is 13.4. The van der Waals surface area contributed by atoms with E-state index in [2.05, 4.69) is 16.0 Å². The van der Waals surface area contributed by atoms with Gasteiger partial charge in [-0.1, -0.05) is 42.6 Å². The fourth-order valence-corrected chi connectivity index (χ4v) is 4.80. The first-order chi connectivity index (χ1) is 16.0. The van der Waals surface area contributed by atoms with Gasteiger partial charge in [0.2, 0.25) is 11.8 Å². The number of fused-ring (bicyclic) bond motifs is 1. The first-order valence-electron chi connectivity index (χ1n) is 11.0. The number of hydrogen-bond donors (Lipinski definition) is 3. The lowest BCUT2D eigenvalue weighted by Gasteiger charge is -2.47. The number of methoxy groups -OCH3 is 1. The number of para-hydroxylation sites is 2. The second-order valence-electron chi connectivity index (χ2n) is 8.28. The van der Waals surface area contributed by atoms with Crippen LogP contribution in [0.4, 0.5) is 16.2 Å². The smallest absolute Gasteiger partial charge is 0.322 e. The van der Waals surface area contributed by atoms with E-state index in [0.29, 0.717) is 22.1 Å². The van der Waals surface area contributed by atoms with Gasteiger partial charge in [0, 0.05) is 16.8 Å². The van der Waals surface area contributed by atoms with Gasteiger partial charge in [-0.3, -0.25) is 9.59 Å². The topological polar surface area (TPSA) is 99.8 Å². The van der Waals surface area contributed by atoms with E-state index in [1.54, 1.807) is 53.4 Å². The van der Waals surface area contributed by atoms with E-state index < -0.39 is 12.1 Å². The first-order valence-corrected chi connectivity index (χ1v) is 11.4. The van der Waals surface area contributed by atoms with Gasteiger partial charge in [-0.15, -0.1) is 0 Å². The summed E-state index contributed by atoms with van der Waals surface area (Å²) < 4.78 is 5.28. The molecule has 0 spiro atoms. The molecule has 174 valence electrons. The van der Waals surface area contributed by atoms with E-state index >= 15 is 0 Å². The number of benzene rings is 2. The highest BCUT2D eigenvalue weighted by molar-refractivity contribution is 6.30. The third-order valence-corrected chi connectivity index (χ3v) is 6.36. The van der Waals surface area contributed by atoms with Gasteiger partial charge in [0.15, 0.2) is 0 Å². The number of halogens is 1. The molecule has 1 aliphatic heterocycles. The molecule has 3 atom stereocenters. The van der Waals surface area contributed by atoms with Crippen molar-refractivity contribution in [1.29, 1.82) is 0 Å². The molecular formula is C24H27ClN4O4. The van der Waals surface area contributed by atoms with Crippen molar-refractivity contribution in [3.63, 3.8) is 0 Å². The minimum absolute atomic E-state index is 0.120. The van der Waals surface area contributed by atoms with Gasteiger partial charge in [-0.25, -0.2) is 4.79 Å². The second-order valence-corrected chi connectivity index (χ2v) is 8.72. The van der Waals surface area contributed by atoms with Gasteiger partial charge in [0.25, 0.3) is 0 Å². The number of urea groups is 1. The summed E-state index contributed by atoms with van der Waals surface area (Å²) in [4.78, 5) is 40.8. The van der Waals surface area contributed by atoms with E-state index in [-0.39, 0.29) is 30.3 Å². The lowest BCUT2D eigenvalue weighted by Crippen LogP contribution is -2.68. The van der Waals surface area contributed by atoms with Gasteiger partial charge in [-0.2, -0.15) is 0 Å². The van der Waals surface area contributed by atoms with E-state index in [1.165, 1.54) is 7.11 Å². The Morgan fingerprint density at radius 1 is 1.12 bits per heavy atom. The molecule has 1 saturated carbocycles. The summed E-state index contributed by atoms with van der Waals surface area (Å²) in [6.45, 7) is 0. The Morgan fingerprint density at radius 3 is 2.70 bits per heavy atom. The van der Waals surface area contributed by atoms with Crippen molar-refractivity contribution < 1.29 is 19.1 Å². The van der Waals surface area contributed by atoms with E-state index in [4.69, 9.17) is 16.3 Å². The SMILES string of the molecule is COc1ccccc1NC(=O)C[C@@H]1C(=O)N[C@H]2CCCC[C@@H]2N1C(=O)Nc1cccc(Cl)c1. The van der Waals surface area contributed by atoms with Crippen LogP contribution in [-0.2, 0) is 9.59 Å². The molecule has 0 unspecified atom stereocenters. The van der Waals surface area contributed by atoms with Crippen molar-refractivity contribution in [2.45, 2.75) is 50.2 Å². The standard InChI is InChI=1S/C24H27ClN4O4/c1-33-21-12-5-3-10-18(21)27-22(30)14-20-23(31)28-17-9-2-4-11-19(17)29(20)24(32)26-16-8-6-7-15(25)13-16/h3,5-8,10,12-13,17,19-20H,2,4,9,11,14H2,1H3,(H,26,32)(H,27,30)(H,28,31)/t17-,19-,20+/m0/s1. The maximum Gasteiger partial charge on any atom is 0.322 e. The summed E-state index contributed by atoms with van der Waals surface area (Å²) in [5.74, 6) is -0.189. The monoisotopic (exact) mass is 470 g/mol. The predicted octanol–water partition coefficient (Wildman–Crippen LogP) is 4.02. The molecule has 33 heavy (non-hydrogen) atoms. The van der Waals surface area contributed by atoms with Crippen LogP contribution in [0.1, 0.15) is 32.1 Å². The normalized spacial score (nSPS) is 22.1. The van der Waals surface area contributed by atoms with Crippen molar-refractivity contribution in [2.24, 2.45) is 0 Å². The molecule has 2 aromatic carbocycles. The molecule has 8 nitrogen and oxygen atoms in total. The van der Waals surface area contributed by atoms with Gasteiger partial charge in [0.1, 0.15) is 11.8 Å². The largest absolute Gasteiger partial charge is 0.495 e. The summed E-state index contributed by atoms with van der Waals surface area (Å²) in [7, 11) is 1.52. The Hall–Kier alpha value is -3.26. The molecule has 0 aromatic heterocycles. The molecule has 2 aliphatic rings. The van der Waals surface area contributed by atoms with Crippen LogP contribution in [0.3, 0.4) is 0 Å². The zero-order valence-corrected chi connectivity index (χ0v) is 19.1. The second kappa shape index (κ2) is 10.1. The number of ether oxygens (including phenoxy) is 1. The van der Waals surface area contributed by atoms with Gasteiger partial charge in [-0.05, 0) is 43.2 Å². The van der Waals surface area contributed by atoms with Crippen LogP contribution in [0.15, 0.2) is 48.5 Å². The molecule has 1 aliphatic carbocycles. The molecule has 0 bridgehead atoms. The quantitative estimate of drug-likeness (QED) is 0.614. The van der Waals surface area contributed by atoms with Gasteiger partial charge >= 0.3 is 6.03 Å². The van der Waals surface area contributed by atoms with Crippen LogP contribution in [0.25, 0.3) is 0 Å². The predicted molar refractivity (Wildman–Crippen MR) is 127 cm³/mol. The zero-order chi connectivity index (χ0) is 23.4. The van der Waals surface area contributed by atoms with Crippen molar-refractivity contribution in [3.05, 3.63) is 53.6 Å². The summed E-state index contributed by atoms with van der Waals surface area (Å²) in [6.07, 6.45) is 3.34. The third kappa shape index (κ3) is 5.22. The lowest BCUT2D eigenvalue weighted by atomic mass is 9.85. The Kier molecular flexibility index (Phi) is 7.03. The van der Waals surface area contributed by atoms with Crippen LogP contribution in [0, 0.1) is 0 Å². The van der Waals surface area contributed by atoms with E-state index in [9.17, 15) is 14.4 Å². The van der Waals surface area contributed by atoms with Crippen LogP contribution in [-0.4, -0.2) is 48.0 Å². The van der Waals surface area contributed by atoms with Crippen molar-refractivity contribution >= 4 is 40.8 Å². The minimum Gasteiger partial charge on any atom is -0.495 e. The number of amides is 4. The van der Waals surface area contributed by atoms with Gasteiger partial charge < -0.3 is 25.6 Å². The van der Waals surface area contributed by atoms with Crippen LogP contribution < -0.4 is 20.7 Å². The average Bonchev–Trinajstić information content (AvgIpc) is 2.79. The molecule has 9 heteroatoms. The third-order valence-electron chi connectivity index (χ3n) is 6.12. The Morgan fingerprint density at radius 2 is 1.91 bits per heavy atom. The van der Waals surface area contributed by atoms with E-state index in [0.717, 1.165) is 25.7 Å². The summed E-state index contributed by atoms with van der Waals surface area (Å²) >= 11 is 6.06. The van der Waals surface area contributed by atoms with Crippen molar-refractivity contribution in [2.75, 3.05) is 17.7 Å². The Balaban J connectivity index is 1.56. The number of nitrogens with zero attached hydrogens (tertiary/aromatic N) is 1. The summed E-state index contributed by atoms with van der Waals surface area (Å²) in [5.41, 5.74) is 1.04. The highest BCUT2D eigenvalue weighted by Gasteiger charge is 2.46. The van der Waals surface area contributed by atoms with Crippen LogP contribution in [0.5, 0.6) is 5.75 Å². The first kappa shape index (κ1) is 22.9. The average molecular weight is 471 g/mol. The molecule has 1 saturated heterocycles.